The lowest BCUT2D eigenvalue weighted by atomic mass is 10.1. The van der Waals surface area contributed by atoms with Crippen LogP contribution in [0.2, 0.25) is 0 Å². The summed E-state index contributed by atoms with van der Waals surface area (Å²) in [5.41, 5.74) is 3.79. The largest absolute Gasteiger partial charge is 0.348 e. The van der Waals surface area contributed by atoms with Crippen molar-refractivity contribution in [2.45, 2.75) is 26.3 Å². The lowest BCUT2D eigenvalue weighted by molar-refractivity contribution is 0.220. The van der Waals surface area contributed by atoms with Crippen molar-refractivity contribution in [2.24, 2.45) is 0 Å². The molecule has 5 rings (SSSR count). The molecular weight excluding hydrogens is 414 g/mol. The number of amides is 2. The third-order valence-corrected chi connectivity index (χ3v) is 5.96. The van der Waals surface area contributed by atoms with Crippen LogP contribution in [-0.2, 0) is 0 Å². The number of nitrogens with one attached hydrogen (secondary N) is 1. The predicted octanol–water partition coefficient (Wildman–Crippen LogP) is 4.64. The molecule has 2 aromatic carbocycles. The molecule has 2 amide bonds. The Labute approximate surface area is 192 Å². The highest BCUT2D eigenvalue weighted by atomic mass is 16.2. The van der Waals surface area contributed by atoms with Crippen molar-refractivity contribution in [3.63, 3.8) is 0 Å². The first-order valence-electron chi connectivity index (χ1n) is 11.3. The highest BCUT2D eigenvalue weighted by Gasteiger charge is 2.29. The molecule has 3 heterocycles. The normalized spacial score (nSPS) is 14.8. The average Bonchev–Trinajstić information content (AvgIpc) is 3.43. The first kappa shape index (κ1) is 20.9. The molecule has 1 unspecified atom stereocenters. The van der Waals surface area contributed by atoms with Crippen LogP contribution in [0.3, 0.4) is 0 Å². The third kappa shape index (κ3) is 4.11. The molecule has 2 aromatic heterocycles. The van der Waals surface area contributed by atoms with E-state index in [9.17, 15) is 4.79 Å². The van der Waals surface area contributed by atoms with E-state index in [1.165, 1.54) is 5.56 Å². The summed E-state index contributed by atoms with van der Waals surface area (Å²) < 4.78 is 1.94. The molecule has 4 aromatic rings. The molecule has 168 valence electrons. The Bertz CT molecular complexity index is 1270. The van der Waals surface area contributed by atoms with Crippen molar-refractivity contribution in [2.75, 3.05) is 29.9 Å². The second kappa shape index (κ2) is 8.90. The Morgan fingerprint density at radius 1 is 1.06 bits per heavy atom. The maximum Gasteiger partial charge on any atom is 0.324 e. The third-order valence-electron chi connectivity index (χ3n) is 5.96. The first-order valence-corrected chi connectivity index (χ1v) is 11.3. The van der Waals surface area contributed by atoms with Crippen molar-refractivity contribution >= 4 is 28.7 Å². The average molecular weight is 442 g/mol. The Morgan fingerprint density at radius 2 is 1.91 bits per heavy atom. The van der Waals surface area contributed by atoms with Crippen molar-refractivity contribution in [1.82, 2.24) is 24.4 Å². The Hall–Kier alpha value is -3.94. The van der Waals surface area contributed by atoms with Crippen molar-refractivity contribution in [3.8, 4) is 5.82 Å². The predicted molar refractivity (Wildman–Crippen MR) is 130 cm³/mol. The van der Waals surface area contributed by atoms with E-state index >= 15 is 0 Å². The fourth-order valence-corrected chi connectivity index (χ4v) is 4.22. The minimum absolute atomic E-state index is 0.0645. The van der Waals surface area contributed by atoms with Gasteiger partial charge in [0.05, 0.1) is 17.1 Å². The van der Waals surface area contributed by atoms with Gasteiger partial charge in [-0.2, -0.15) is 4.98 Å². The summed E-state index contributed by atoms with van der Waals surface area (Å²) in [5, 5.41) is 3.37. The van der Waals surface area contributed by atoms with Gasteiger partial charge in [0.2, 0.25) is 5.95 Å². The molecule has 0 aliphatic carbocycles. The van der Waals surface area contributed by atoms with Crippen LogP contribution in [0.25, 0.3) is 16.9 Å². The van der Waals surface area contributed by atoms with E-state index in [0.29, 0.717) is 12.5 Å². The second-order valence-corrected chi connectivity index (χ2v) is 8.22. The van der Waals surface area contributed by atoms with Gasteiger partial charge in [0.25, 0.3) is 0 Å². The van der Waals surface area contributed by atoms with Gasteiger partial charge in [0.1, 0.15) is 12.1 Å². The fourth-order valence-electron chi connectivity index (χ4n) is 4.22. The van der Waals surface area contributed by atoms with Crippen LogP contribution in [0.4, 0.5) is 16.4 Å². The number of carbonyl (C=O) groups excluding carboxylic acids is 1. The van der Waals surface area contributed by atoms with Gasteiger partial charge in [0, 0.05) is 31.5 Å². The zero-order valence-electron chi connectivity index (χ0n) is 18.8. The van der Waals surface area contributed by atoms with Gasteiger partial charge in [-0.3, -0.25) is 9.47 Å². The first-order chi connectivity index (χ1) is 16.1. The van der Waals surface area contributed by atoms with Gasteiger partial charge in [-0.25, -0.2) is 14.8 Å². The van der Waals surface area contributed by atoms with Crippen LogP contribution >= 0.6 is 0 Å². The van der Waals surface area contributed by atoms with E-state index in [0.717, 1.165) is 42.0 Å². The van der Waals surface area contributed by atoms with E-state index in [1.54, 1.807) is 12.5 Å². The van der Waals surface area contributed by atoms with Gasteiger partial charge in [-0.1, -0.05) is 37.3 Å². The highest BCUT2D eigenvalue weighted by Crippen LogP contribution is 2.26. The van der Waals surface area contributed by atoms with Crippen LogP contribution in [0.5, 0.6) is 0 Å². The number of carbonyl (C=O) groups is 1. The van der Waals surface area contributed by atoms with Crippen LogP contribution < -0.4 is 10.2 Å². The summed E-state index contributed by atoms with van der Waals surface area (Å²) in [6.45, 7) is 6.42. The van der Waals surface area contributed by atoms with E-state index in [4.69, 9.17) is 4.98 Å². The van der Waals surface area contributed by atoms with Gasteiger partial charge in [-0.05, 0) is 43.2 Å². The number of imidazole rings is 1. The van der Waals surface area contributed by atoms with Gasteiger partial charge in [0.15, 0.2) is 0 Å². The SMILES string of the molecule is CCCN1CCN(c2ccc3c(c2)ncn3-c2ccnc(NC(C)c3ccccc3)n2)C1=O. The number of fused-ring (bicyclic) bond motifs is 1. The van der Waals surface area contributed by atoms with Crippen LogP contribution in [0.15, 0.2) is 67.1 Å². The summed E-state index contributed by atoms with van der Waals surface area (Å²) in [6, 6.07) is 18.1. The van der Waals surface area contributed by atoms with E-state index in [2.05, 4.69) is 41.3 Å². The standard InChI is InChI=1S/C25H27N7O/c1-3-13-30-14-15-31(25(30)33)20-9-10-22-21(16-20)27-17-32(22)23-11-12-26-24(29-23)28-18(2)19-7-5-4-6-8-19/h4-12,16-18H,3,13-15H2,1-2H3,(H,26,28,29). The number of anilines is 2. The zero-order valence-corrected chi connectivity index (χ0v) is 18.8. The monoisotopic (exact) mass is 441 g/mol. The van der Waals surface area contributed by atoms with E-state index in [1.807, 2.05) is 56.8 Å². The highest BCUT2D eigenvalue weighted by molar-refractivity contribution is 5.96. The van der Waals surface area contributed by atoms with Crippen LogP contribution in [-0.4, -0.2) is 50.1 Å². The maximum absolute atomic E-state index is 12.7. The molecule has 1 aliphatic rings. The number of hydrogen-bond donors (Lipinski definition) is 1. The summed E-state index contributed by atoms with van der Waals surface area (Å²) in [4.78, 5) is 30.1. The lowest BCUT2D eigenvalue weighted by Crippen LogP contribution is -2.32. The molecule has 1 fully saturated rings. The Kier molecular flexibility index (Phi) is 5.64. The molecule has 8 heteroatoms. The second-order valence-electron chi connectivity index (χ2n) is 8.22. The number of hydrogen-bond acceptors (Lipinski definition) is 5. The molecular formula is C25H27N7O. The molecule has 33 heavy (non-hydrogen) atoms. The molecule has 1 saturated heterocycles. The van der Waals surface area contributed by atoms with E-state index < -0.39 is 0 Å². The summed E-state index contributed by atoms with van der Waals surface area (Å²) >= 11 is 0. The Morgan fingerprint density at radius 3 is 2.73 bits per heavy atom. The van der Waals surface area contributed by atoms with Gasteiger partial charge in [-0.15, -0.1) is 0 Å². The smallest absolute Gasteiger partial charge is 0.324 e. The number of rotatable bonds is 7. The molecule has 0 saturated carbocycles. The molecule has 1 aliphatic heterocycles. The van der Waals surface area contributed by atoms with Crippen LogP contribution in [0.1, 0.15) is 31.9 Å². The Balaban J connectivity index is 1.39. The van der Waals surface area contributed by atoms with Crippen LogP contribution in [0, 0.1) is 0 Å². The van der Waals surface area contributed by atoms with E-state index in [-0.39, 0.29) is 12.1 Å². The number of aromatic nitrogens is 4. The maximum atomic E-state index is 12.7. The number of benzene rings is 2. The number of nitrogens with zero attached hydrogens (tertiary/aromatic N) is 6. The van der Waals surface area contributed by atoms with Crippen molar-refractivity contribution in [1.29, 1.82) is 0 Å². The minimum atomic E-state index is 0.0645. The molecule has 0 bridgehead atoms. The molecule has 8 nitrogen and oxygen atoms in total. The quantitative estimate of drug-likeness (QED) is 0.452. The number of urea groups is 1. The lowest BCUT2D eigenvalue weighted by Gasteiger charge is -2.18. The van der Waals surface area contributed by atoms with Gasteiger partial charge >= 0.3 is 6.03 Å². The van der Waals surface area contributed by atoms with Crippen molar-refractivity contribution < 1.29 is 4.79 Å². The fraction of sp³-hybridized carbons (Fsp3) is 0.280. The molecule has 0 radical (unpaired) electrons. The zero-order chi connectivity index (χ0) is 22.8. The molecule has 0 spiro atoms. The van der Waals surface area contributed by atoms with Gasteiger partial charge < -0.3 is 10.2 Å². The molecule has 1 atom stereocenters. The summed E-state index contributed by atoms with van der Waals surface area (Å²) in [6.07, 6.45) is 4.47. The topological polar surface area (TPSA) is 79.2 Å². The summed E-state index contributed by atoms with van der Waals surface area (Å²) in [5.74, 6) is 1.29. The van der Waals surface area contributed by atoms with Crippen molar-refractivity contribution in [3.05, 3.63) is 72.7 Å². The minimum Gasteiger partial charge on any atom is -0.348 e. The molecule has 1 N–H and O–H groups in total. The summed E-state index contributed by atoms with van der Waals surface area (Å²) in [7, 11) is 0.